The molecule has 2 aromatic rings. The molecular weight excluding hydrogens is 368 g/mol. The fourth-order valence-corrected chi connectivity index (χ4v) is 3.73. The Labute approximate surface area is 172 Å². The lowest BCUT2D eigenvalue weighted by molar-refractivity contribution is 0.239. The van der Waals surface area contributed by atoms with Gasteiger partial charge in [0.15, 0.2) is 11.8 Å². The Morgan fingerprint density at radius 2 is 2.07 bits per heavy atom. The fourth-order valence-electron chi connectivity index (χ4n) is 3.73. The predicted molar refractivity (Wildman–Crippen MR) is 113 cm³/mol. The number of benzene rings is 1. The summed E-state index contributed by atoms with van der Waals surface area (Å²) in [6.07, 6.45) is 4.13. The number of rotatable bonds is 9. The normalized spacial score (nSPS) is 16.0. The van der Waals surface area contributed by atoms with E-state index in [2.05, 4.69) is 42.8 Å². The first kappa shape index (κ1) is 21.1. The fraction of sp³-hybridized carbons (Fsp3) is 0.571. The summed E-state index contributed by atoms with van der Waals surface area (Å²) in [5, 5.41) is 10.7. The van der Waals surface area contributed by atoms with Gasteiger partial charge in [0.1, 0.15) is 5.75 Å². The molecule has 0 spiro atoms. The van der Waals surface area contributed by atoms with E-state index in [0.717, 1.165) is 50.7 Å². The molecule has 158 valence electrons. The van der Waals surface area contributed by atoms with Gasteiger partial charge in [0.05, 0.1) is 13.2 Å². The molecular formula is C21H32N6O2. The summed E-state index contributed by atoms with van der Waals surface area (Å²) in [6.45, 7) is 5.60. The van der Waals surface area contributed by atoms with Crippen LogP contribution in [0.4, 0.5) is 0 Å². The Morgan fingerprint density at radius 1 is 1.28 bits per heavy atom. The SMILES string of the molecule is CN=C(NCCCc1nc(C)no1)NCC(c1ccccc1OC)N1CCCC1. The number of aryl methyl sites for hydroxylation is 2. The summed E-state index contributed by atoms with van der Waals surface area (Å²) in [4.78, 5) is 11.1. The van der Waals surface area contributed by atoms with Crippen molar-refractivity contribution in [2.24, 2.45) is 4.99 Å². The minimum absolute atomic E-state index is 0.244. The Morgan fingerprint density at radius 3 is 2.76 bits per heavy atom. The molecule has 8 heteroatoms. The van der Waals surface area contributed by atoms with Crippen LogP contribution in [-0.4, -0.2) is 61.3 Å². The van der Waals surface area contributed by atoms with Crippen molar-refractivity contribution in [3.05, 3.63) is 41.5 Å². The van der Waals surface area contributed by atoms with E-state index in [0.29, 0.717) is 11.7 Å². The average molecular weight is 401 g/mol. The second-order valence-corrected chi connectivity index (χ2v) is 7.22. The number of methoxy groups -OCH3 is 1. The van der Waals surface area contributed by atoms with Gasteiger partial charge in [-0.15, -0.1) is 0 Å². The van der Waals surface area contributed by atoms with Crippen LogP contribution in [0.5, 0.6) is 5.75 Å². The molecule has 1 unspecified atom stereocenters. The number of hydrogen-bond donors (Lipinski definition) is 2. The molecule has 1 atom stereocenters. The van der Waals surface area contributed by atoms with Crippen molar-refractivity contribution in [3.63, 3.8) is 0 Å². The van der Waals surface area contributed by atoms with E-state index in [1.807, 2.05) is 19.1 Å². The quantitative estimate of drug-likeness (QED) is 0.379. The monoisotopic (exact) mass is 400 g/mol. The van der Waals surface area contributed by atoms with Crippen LogP contribution >= 0.6 is 0 Å². The number of ether oxygens (including phenoxy) is 1. The number of likely N-dealkylation sites (tertiary alicyclic amines) is 1. The molecule has 1 saturated heterocycles. The topological polar surface area (TPSA) is 87.8 Å². The van der Waals surface area contributed by atoms with Crippen LogP contribution in [0.3, 0.4) is 0 Å². The molecule has 3 rings (SSSR count). The third-order valence-corrected chi connectivity index (χ3v) is 5.20. The van der Waals surface area contributed by atoms with Gasteiger partial charge in [0, 0.05) is 32.1 Å². The molecule has 0 saturated carbocycles. The summed E-state index contributed by atoms with van der Waals surface area (Å²) in [7, 11) is 3.53. The zero-order chi connectivity index (χ0) is 20.5. The largest absolute Gasteiger partial charge is 0.496 e. The molecule has 0 bridgehead atoms. The molecule has 2 N–H and O–H groups in total. The molecule has 2 heterocycles. The first-order valence-corrected chi connectivity index (χ1v) is 10.3. The number of guanidine groups is 1. The van der Waals surface area contributed by atoms with Gasteiger partial charge in [-0.1, -0.05) is 23.4 Å². The Kier molecular flexibility index (Phi) is 7.86. The molecule has 29 heavy (non-hydrogen) atoms. The maximum atomic E-state index is 5.62. The van der Waals surface area contributed by atoms with Crippen LogP contribution in [0.25, 0.3) is 0 Å². The van der Waals surface area contributed by atoms with Gasteiger partial charge in [-0.3, -0.25) is 9.89 Å². The maximum absolute atomic E-state index is 5.62. The number of aliphatic imine (C=N–C) groups is 1. The molecule has 1 aromatic heterocycles. The van der Waals surface area contributed by atoms with Gasteiger partial charge in [0.2, 0.25) is 5.89 Å². The van der Waals surface area contributed by atoms with Crippen molar-refractivity contribution in [1.82, 2.24) is 25.7 Å². The van der Waals surface area contributed by atoms with Crippen molar-refractivity contribution >= 4 is 5.96 Å². The molecule has 1 fully saturated rings. The van der Waals surface area contributed by atoms with Gasteiger partial charge < -0.3 is 19.9 Å². The van der Waals surface area contributed by atoms with Gasteiger partial charge in [-0.25, -0.2) is 0 Å². The molecule has 0 amide bonds. The van der Waals surface area contributed by atoms with Crippen molar-refractivity contribution in [3.8, 4) is 5.75 Å². The smallest absolute Gasteiger partial charge is 0.226 e. The Hall–Kier alpha value is -2.61. The van der Waals surface area contributed by atoms with Crippen LogP contribution < -0.4 is 15.4 Å². The van der Waals surface area contributed by atoms with E-state index < -0.39 is 0 Å². The third-order valence-electron chi connectivity index (χ3n) is 5.20. The van der Waals surface area contributed by atoms with E-state index >= 15 is 0 Å². The number of nitrogens with zero attached hydrogens (tertiary/aromatic N) is 4. The molecule has 1 aliphatic heterocycles. The maximum Gasteiger partial charge on any atom is 0.226 e. The van der Waals surface area contributed by atoms with Crippen LogP contribution in [0.2, 0.25) is 0 Å². The predicted octanol–water partition coefficient (Wildman–Crippen LogP) is 2.32. The van der Waals surface area contributed by atoms with Crippen molar-refractivity contribution in [2.75, 3.05) is 40.3 Å². The third kappa shape index (κ3) is 5.93. The van der Waals surface area contributed by atoms with E-state index in [-0.39, 0.29) is 6.04 Å². The second kappa shape index (κ2) is 10.8. The van der Waals surface area contributed by atoms with E-state index in [1.165, 1.54) is 18.4 Å². The van der Waals surface area contributed by atoms with Gasteiger partial charge in [-0.2, -0.15) is 4.98 Å². The highest BCUT2D eigenvalue weighted by atomic mass is 16.5. The lowest BCUT2D eigenvalue weighted by Crippen LogP contribution is -2.43. The summed E-state index contributed by atoms with van der Waals surface area (Å²) in [5.74, 6) is 3.09. The standard InChI is InChI=1S/C21H32N6O2/c1-16-25-20(29-26-16)11-8-12-23-21(22-2)24-15-18(27-13-6-7-14-27)17-9-4-5-10-19(17)28-3/h4-5,9-10,18H,6-8,11-15H2,1-3H3,(H2,22,23,24). The average Bonchev–Trinajstić information content (AvgIpc) is 3.42. The van der Waals surface area contributed by atoms with Crippen LogP contribution in [0.15, 0.2) is 33.8 Å². The zero-order valence-corrected chi connectivity index (χ0v) is 17.6. The highest BCUT2D eigenvalue weighted by Crippen LogP contribution is 2.31. The van der Waals surface area contributed by atoms with E-state index in [9.17, 15) is 0 Å². The van der Waals surface area contributed by atoms with Gasteiger partial charge >= 0.3 is 0 Å². The molecule has 1 aromatic carbocycles. The lowest BCUT2D eigenvalue weighted by Gasteiger charge is -2.30. The van der Waals surface area contributed by atoms with Crippen molar-refractivity contribution < 1.29 is 9.26 Å². The van der Waals surface area contributed by atoms with Crippen LogP contribution in [0.1, 0.15) is 42.6 Å². The van der Waals surface area contributed by atoms with E-state index in [4.69, 9.17) is 9.26 Å². The minimum atomic E-state index is 0.244. The number of aromatic nitrogens is 2. The second-order valence-electron chi connectivity index (χ2n) is 7.22. The van der Waals surface area contributed by atoms with Crippen LogP contribution in [0, 0.1) is 6.92 Å². The van der Waals surface area contributed by atoms with Crippen molar-refractivity contribution in [2.45, 2.75) is 38.6 Å². The first-order chi connectivity index (χ1) is 14.2. The summed E-state index contributed by atoms with van der Waals surface area (Å²) in [5.41, 5.74) is 1.21. The lowest BCUT2D eigenvalue weighted by atomic mass is 10.0. The highest BCUT2D eigenvalue weighted by Gasteiger charge is 2.26. The molecule has 8 nitrogen and oxygen atoms in total. The molecule has 1 aliphatic rings. The number of para-hydroxylation sites is 1. The van der Waals surface area contributed by atoms with Gasteiger partial charge in [0.25, 0.3) is 0 Å². The van der Waals surface area contributed by atoms with Gasteiger partial charge in [-0.05, 0) is 45.3 Å². The highest BCUT2D eigenvalue weighted by molar-refractivity contribution is 5.79. The number of hydrogen-bond acceptors (Lipinski definition) is 6. The molecule has 0 aliphatic carbocycles. The summed E-state index contributed by atoms with van der Waals surface area (Å²) in [6, 6.07) is 8.53. The molecule has 0 radical (unpaired) electrons. The van der Waals surface area contributed by atoms with Crippen molar-refractivity contribution in [1.29, 1.82) is 0 Å². The summed E-state index contributed by atoms with van der Waals surface area (Å²) >= 11 is 0. The van der Waals surface area contributed by atoms with E-state index in [1.54, 1.807) is 14.2 Å². The zero-order valence-electron chi connectivity index (χ0n) is 17.6. The van der Waals surface area contributed by atoms with Crippen LogP contribution in [-0.2, 0) is 6.42 Å². The summed E-state index contributed by atoms with van der Waals surface area (Å²) < 4.78 is 10.8. The minimum Gasteiger partial charge on any atom is -0.496 e. The Balaban J connectivity index is 1.54. The first-order valence-electron chi connectivity index (χ1n) is 10.3. The number of nitrogens with one attached hydrogen (secondary N) is 2. The Bertz CT molecular complexity index is 785.